The molecule has 0 aromatic rings. The first-order valence-corrected chi connectivity index (χ1v) is 4.97. The van der Waals surface area contributed by atoms with Crippen molar-refractivity contribution in [3.05, 3.63) is 0 Å². The number of hydrogen-bond acceptors (Lipinski definition) is 1. The van der Waals surface area contributed by atoms with Gasteiger partial charge in [-0.05, 0) is 0 Å². The van der Waals surface area contributed by atoms with Crippen molar-refractivity contribution in [1.29, 1.82) is 0 Å². The molecule has 0 heterocycles. The van der Waals surface area contributed by atoms with Crippen molar-refractivity contribution in [3.8, 4) is 0 Å². The molecule has 0 aliphatic carbocycles. The lowest BCUT2D eigenvalue weighted by atomic mass is 10.1. The highest BCUT2D eigenvalue weighted by Gasteiger charge is 2.75. The largest absolute Gasteiger partial charge is 0.427 e. The second kappa shape index (κ2) is 6.47. The van der Waals surface area contributed by atoms with Gasteiger partial charge in [0, 0.05) is 0 Å². The molecule has 0 saturated carbocycles. The van der Waals surface area contributed by atoms with E-state index >= 15 is 0 Å². The fraction of sp³-hybridized carbons (Fsp3) is 1.00. The number of rotatable bonds is 8. The molecule has 140 valence electrons. The average molecular weight is 382 g/mol. The minimum absolute atomic E-state index is 1.58. The molecule has 0 fully saturated rings. The number of hydrogen-bond donors (Lipinski definition) is 0. The van der Waals surface area contributed by atoms with Crippen LogP contribution in [0.25, 0.3) is 0 Å². The predicted molar refractivity (Wildman–Crippen MR) is 42.7 cm³/mol. The molecule has 0 aromatic heterocycles. The minimum Gasteiger partial charge on any atom is -0.245 e. The Morgan fingerprint density at radius 3 is 0.870 bits per heavy atom. The van der Waals surface area contributed by atoms with Gasteiger partial charge in [0.15, 0.2) is 0 Å². The van der Waals surface area contributed by atoms with Gasteiger partial charge < -0.3 is 0 Å². The standard InChI is InChI=1S/C8H4F14O/c9-1(3(11)12)5(15,16)7(19,20)23-8(21,22)6(17,18)2(10)4(13)14/h1-4H. The van der Waals surface area contributed by atoms with Gasteiger partial charge in [-0.3, -0.25) is 0 Å². The van der Waals surface area contributed by atoms with Gasteiger partial charge in [-0.25, -0.2) is 31.1 Å². The van der Waals surface area contributed by atoms with Gasteiger partial charge >= 0.3 is 24.1 Å². The summed E-state index contributed by atoms with van der Waals surface area (Å²) in [5, 5.41) is 0. The lowest BCUT2D eigenvalue weighted by molar-refractivity contribution is -0.481. The third kappa shape index (κ3) is 4.09. The second-order valence-electron chi connectivity index (χ2n) is 3.85. The Morgan fingerprint density at radius 2 is 0.696 bits per heavy atom. The summed E-state index contributed by atoms with van der Waals surface area (Å²) in [6.45, 7) is 0. The summed E-state index contributed by atoms with van der Waals surface area (Å²) in [6.07, 6.45) is -34.1. The molecule has 0 aromatic carbocycles. The Hall–Kier alpha value is -1.02. The summed E-state index contributed by atoms with van der Waals surface area (Å²) >= 11 is 0. The van der Waals surface area contributed by atoms with Crippen LogP contribution in [0.3, 0.4) is 0 Å². The highest BCUT2D eigenvalue weighted by Crippen LogP contribution is 2.49. The van der Waals surface area contributed by atoms with E-state index in [0.29, 0.717) is 0 Å². The molecule has 0 spiro atoms. The quantitative estimate of drug-likeness (QED) is 0.555. The van der Waals surface area contributed by atoms with Crippen LogP contribution < -0.4 is 0 Å². The van der Waals surface area contributed by atoms with Crippen molar-refractivity contribution in [2.45, 2.75) is 49.3 Å². The first-order chi connectivity index (χ1) is 9.92. The van der Waals surface area contributed by atoms with Crippen LogP contribution in [0.2, 0.25) is 0 Å². The summed E-state index contributed by atoms with van der Waals surface area (Å²) < 4.78 is 173. The maximum absolute atomic E-state index is 12.6. The van der Waals surface area contributed by atoms with Crippen LogP contribution in [-0.4, -0.2) is 49.3 Å². The van der Waals surface area contributed by atoms with Gasteiger partial charge in [-0.15, -0.1) is 0 Å². The molecule has 0 N–H and O–H groups in total. The van der Waals surface area contributed by atoms with Crippen molar-refractivity contribution in [2.24, 2.45) is 0 Å². The van der Waals surface area contributed by atoms with Gasteiger partial charge in [-0.1, -0.05) is 0 Å². The van der Waals surface area contributed by atoms with E-state index < -0.39 is 49.3 Å². The lowest BCUT2D eigenvalue weighted by Gasteiger charge is -2.34. The predicted octanol–water partition coefficient (Wildman–Crippen LogP) is 4.67. The molecule has 0 aliphatic rings. The first kappa shape index (κ1) is 22.0. The lowest BCUT2D eigenvalue weighted by Crippen LogP contribution is -2.60. The van der Waals surface area contributed by atoms with E-state index in [1.165, 1.54) is 0 Å². The number of ether oxygens (including phenoxy) is 1. The van der Waals surface area contributed by atoms with Crippen LogP contribution in [0.4, 0.5) is 61.5 Å². The summed E-state index contributed by atoms with van der Waals surface area (Å²) in [7, 11) is 0. The first-order valence-electron chi connectivity index (χ1n) is 4.97. The van der Waals surface area contributed by atoms with Crippen LogP contribution in [0.15, 0.2) is 0 Å². The Labute approximate surface area is 117 Å². The van der Waals surface area contributed by atoms with E-state index in [4.69, 9.17) is 0 Å². The Bertz CT molecular complexity index is 356. The van der Waals surface area contributed by atoms with Crippen molar-refractivity contribution >= 4 is 0 Å². The van der Waals surface area contributed by atoms with Gasteiger partial charge in [0.25, 0.3) is 12.9 Å². The highest BCUT2D eigenvalue weighted by atomic mass is 19.4. The van der Waals surface area contributed by atoms with E-state index in [0.717, 1.165) is 0 Å². The molecule has 1 nitrogen and oxygen atoms in total. The van der Waals surface area contributed by atoms with Crippen molar-refractivity contribution in [1.82, 2.24) is 0 Å². The zero-order valence-electron chi connectivity index (χ0n) is 10.0. The zero-order valence-corrected chi connectivity index (χ0v) is 10.0. The molecule has 0 aliphatic heterocycles. The molecule has 0 saturated heterocycles. The Kier molecular flexibility index (Phi) is 6.18. The fourth-order valence-corrected chi connectivity index (χ4v) is 0.935. The van der Waals surface area contributed by atoms with Crippen molar-refractivity contribution < 1.29 is 66.2 Å². The van der Waals surface area contributed by atoms with Crippen LogP contribution >= 0.6 is 0 Å². The van der Waals surface area contributed by atoms with Gasteiger partial charge in [0.1, 0.15) is 0 Å². The number of halogens is 14. The molecular formula is C8H4F14O. The van der Waals surface area contributed by atoms with Crippen molar-refractivity contribution in [2.75, 3.05) is 0 Å². The minimum atomic E-state index is -7.02. The van der Waals surface area contributed by atoms with Crippen LogP contribution in [0.5, 0.6) is 0 Å². The molecular weight excluding hydrogens is 378 g/mol. The van der Waals surface area contributed by atoms with E-state index in [1.807, 2.05) is 0 Å². The molecule has 23 heavy (non-hydrogen) atoms. The number of alkyl halides is 14. The Balaban J connectivity index is 5.58. The van der Waals surface area contributed by atoms with E-state index in [-0.39, 0.29) is 0 Å². The van der Waals surface area contributed by atoms with Crippen LogP contribution in [0, 0.1) is 0 Å². The molecule has 0 bridgehead atoms. The van der Waals surface area contributed by atoms with E-state index in [9.17, 15) is 61.5 Å². The molecule has 2 unspecified atom stereocenters. The summed E-state index contributed by atoms with van der Waals surface area (Å²) in [5.74, 6) is -13.5. The SMILES string of the molecule is FC(F)C(F)C(F)(F)C(F)(F)OC(F)(F)C(F)(F)C(F)C(F)F. The van der Waals surface area contributed by atoms with E-state index in [2.05, 4.69) is 0 Å². The second-order valence-corrected chi connectivity index (χ2v) is 3.85. The molecule has 0 radical (unpaired) electrons. The van der Waals surface area contributed by atoms with Gasteiger partial charge in [0.05, 0.1) is 0 Å². The normalized spacial score (nSPS) is 17.7. The maximum Gasteiger partial charge on any atom is 0.427 e. The topological polar surface area (TPSA) is 9.23 Å². The third-order valence-corrected chi connectivity index (χ3v) is 2.17. The summed E-state index contributed by atoms with van der Waals surface area (Å²) in [6, 6.07) is 0. The van der Waals surface area contributed by atoms with Crippen LogP contribution in [-0.2, 0) is 4.74 Å². The zero-order chi connectivity index (χ0) is 19.0. The summed E-state index contributed by atoms with van der Waals surface area (Å²) in [4.78, 5) is 0. The highest BCUT2D eigenvalue weighted by molar-refractivity contribution is 4.92. The average Bonchev–Trinajstić information content (AvgIpc) is 2.34. The molecule has 0 rings (SSSR count). The van der Waals surface area contributed by atoms with Crippen LogP contribution in [0.1, 0.15) is 0 Å². The summed E-state index contributed by atoms with van der Waals surface area (Å²) in [5.41, 5.74) is 0. The molecule has 0 amide bonds. The Morgan fingerprint density at radius 1 is 0.478 bits per heavy atom. The molecule has 2 atom stereocenters. The van der Waals surface area contributed by atoms with Gasteiger partial charge in [0.2, 0.25) is 12.3 Å². The molecule has 15 heteroatoms. The fourth-order valence-electron chi connectivity index (χ4n) is 0.935. The third-order valence-electron chi connectivity index (χ3n) is 2.17. The monoisotopic (exact) mass is 382 g/mol. The smallest absolute Gasteiger partial charge is 0.245 e. The van der Waals surface area contributed by atoms with E-state index in [1.54, 1.807) is 4.74 Å². The van der Waals surface area contributed by atoms with Gasteiger partial charge in [-0.2, -0.15) is 35.1 Å². The van der Waals surface area contributed by atoms with Crippen molar-refractivity contribution in [3.63, 3.8) is 0 Å². The maximum atomic E-state index is 12.6.